The molecule has 4 rings (SSSR count). The van der Waals surface area contributed by atoms with Crippen molar-refractivity contribution in [2.24, 2.45) is 0 Å². The van der Waals surface area contributed by atoms with E-state index >= 15 is 0 Å². The van der Waals surface area contributed by atoms with Crippen LogP contribution in [0.25, 0.3) is 17.3 Å². The number of hydrogen-bond acceptors (Lipinski definition) is 3. The highest BCUT2D eigenvalue weighted by molar-refractivity contribution is 6.34. The van der Waals surface area contributed by atoms with Crippen LogP contribution in [0.3, 0.4) is 0 Å². The smallest absolute Gasteiger partial charge is 0.269 e. The van der Waals surface area contributed by atoms with E-state index in [0.717, 1.165) is 39.5 Å². The average molecular weight is 373 g/mol. The molecule has 1 amide bonds. The van der Waals surface area contributed by atoms with Gasteiger partial charge in [-0.2, -0.15) is 0 Å². The molecule has 0 unspecified atom stereocenters. The summed E-state index contributed by atoms with van der Waals surface area (Å²) in [5.41, 5.74) is 7.04. The summed E-state index contributed by atoms with van der Waals surface area (Å²) in [6, 6.07) is 14.5. The quantitative estimate of drug-likeness (QED) is 0.407. The van der Waals surface area contributed by atoms with Gasteiger partial charge < -0.3 is 9.88 Å². The molecule has 0 radical (unpaired) electrons. The largest absolute Gasteiger partial charge is 0.321 e. The van der Waals surface area contributed by atoms with E-state index in [1.807, 2.05) is 57.2 Å². The molecule has 0 saturated heterocycles. The van der Waals surface area contributed by atoms with Gasteiger partial charge in [0.1, 0.15) is 0 Å². The van der Waals surface area contributed by atoms with Crippen molar-refractivity contribution in [1.29, 1.82) is 0 Å². The highest BCUT2D eigenvalue weighted by atomic mass is 16.6. The van der Waals surface area contributed by atoms with Crippen molar-refractivity contribution in [3.63, 3.8) is 0 Å². The van der Waals surface area contributed by atoms with Gasteiger partial charge >= 0.3 is 0 Å². The third-order valence-corrected chi connectivity index (χ3v) is 5.11. The number of aromatic nitrogens is 1. The number of anilines is 1. The van der Waals surface area contributed by atoms with E-state index in [2.05, 4.69) is 9.88 Å². The van der Waals surface area contributed by atoms with E-state index in [0.29, 0.717) is 5.57 Å². The molecular weight excluding hydrogens is 354 g/mol. The highest BCUT2D eigenvalue weighted by Crippen LogP contribution is 2.34. The van der Waals surface area contributed by atoms with Crippen LogP contribution in [0.2, 0.25) is 0 Å². The Morgan fingerprint density at radius 3 is 2.54 bits per heavy atom. The van der Waals surface area contributed by atoms with Crippen molar-refractivity contribution in [3.8, 4) is 5.69 Å². The summed E-state index contributed by atoms with van der Waals surface area (Å²) in [7, 11) is 0. The summed E-state index contributed by atoms with van der Waals surface area (Å²) in [6.45, 7) is 5.83. The lowest BCUT2D eigenvalue weighted by molar-refractivity contribution is -0.384. The number of non-ortho nitro benzene ring substituents is 1. The molecule has 140 valence electrons. The van der Waals surface area contributed by atoms with Gasteiger partial charge in [0.15, 0.2) is 0 Å². The minimum Gasteiger partial charge on any atom is -0.321 e. The monoisotopic (exact) mass is 373 g/mol. The third-order valence-electron chi connectivity index (χ3n) is 5.11. The molecule has 0 spiro atoms. The van der Waals surface area contributed by atoms with Crippen LogP contribution in [-0.2, 0) is 4.79 Å². The number of nitrogens with zero attached hydrogens (tertiary/aromatic N) is 2. The maximum atomic E-state index is 12.4. The first-order valence-electron chi connectivity index (χ1n) is 8.93. The number of nitrogens with one attached hydrogen (secondary N) is 1. The number of nitro groups is 1. The van der Waals surface area contributed by atoms with Crippen LogP contribution in [0.5, 0.6) is 0 Å². The van der Waals surface area contributed by atoms with E-state index < -0.39 is 4.92 Å². The lowest BCUT2D eigenvalue weighted by Crippen LogP contribution is -2.04. The van der Waals surface area contributed by atoms with E-state index in [-0.39, 0.29) is 11.6 Å². The second-order valence-corrected chi connectivity index (χ2v) is 6.95. The van der Waals surface area contributed by atoms with Crippen LogP contribution in [0, 0.1) is 30.9 Å². The van der Waals surface area contributed by atoms with Gasteiger partial charge in [-0.1, -0.05) is 18.2 Å². The second-order valence-electron chi connectivity index (χ2n) is 6.95. The van der Waals surface area contributed by atoms with Crippen molar-refractivity contribution in [2.45, 2.75) is 20.8 Å². The van der Waals surface area contributed by atoms with Crippen molar-refractivity contribution in [2.75, 3.05) is 5.32 Å². The molecule has 1 aliphatic heterocycles. The summed E-state index contributed by atoms with van der Waals surface area (Å²) in [6.07, 6.45) is 1.90. The minimum absolute atomic E-state index is 0.0743. The van der Waals surface area contributed by atoms with Crippen molar-refractivity contribution in [1.82, 2.24) is 4.57 Å². The first-order valence-corrected chi connectivity index (χ1v) is 8.93. The number of para-hydroxylation sites is 1. The second kappa shape index (κ2) is 6.49. The first-order chi connectivity index (χ1) is 13.4. The van der Waals surface area contributed by atoms with E-state index in [1.54, 1.807) is 12.1 Å². The predicted octanol–water partition coefficient (Wildman–Crippen LogP) is 4.80. The Morgan fingerprint density at radius 2 is 1.82 bits per heavy atom. The Hall–Kier alpha value is -3.67. The van der Waals surface area contributed by atoms with Gasteiger partial charge in [0.2, 0.25) is 0 Å². The molecule has 2 heterocycles. The van der Waals surface area contributed by atoms with Gasteiger partial charge in [0.25, 0.3) is 11.6 Å². The van der Waals surface area contributed by atoms with Crippen molar-refractivity contribution in [3.05, 3.63) is 86.7 Å². The summed E-state index contributed by atoms with van der Waals surface area (Å²) in [5, 5.41) is 13.9. The number of carbonyl (C=O) groups is 1. The van der Waals surface area contributed by atoms with Gasteiger partial charge in [-0.05, 0) is 56.2 Å². The van der Waals surface area contributed by atoms with Crippen LogP contribution in [-0.4, -0.2) is 15.4 Å². The maximum Gasteiger partial charge on any atom is 0.269 e. The lowest BCUT2D eigenvalue weighted by atomic mass is 10.0. The van der Waals surface area contributed by atoms with Crippen molar-refractivity contribution >= 4 is 28.9 Å². The normalized spacial score (nSPS) is 14.2. The number of fused-ring (bicyclic) bond motifs is 1. The van der Waals surface area contributed by atoms with E-state index in [4.69, 9.17) is 0 Å². The SMILES string of the molecule is Cc1cc([N+](=O)[O-])ccc1-n1c(C)cc(/C=C2/C(=O)Nc3ccccc32)c1C. The topological polar surface area (TPSA) is 77.2 Å². The predicted molar refractivity (Wildman–Crippen MR) is 110 cm³/mol. The van der Waals surface area contributed by atoms with Gasteiger partial charge in [-0.3, -0.25) is 14.9 Å². The molecule has 28 heavy (non-hydrogen) atoms. The number of rotatable bonds is 3. The minimum atomic E-state index is -0.391. The zero-order chi connectivity index (χ0) is 20.0. The zero-order valence-corrected chi connectivity index (χ0v) is 15.8. The van der Waals surface area contributed by atoms with Gasteiger partial charge in [-0.25, -0.2) is 0 Å². The van der Waals surface area contributed by atoms with Crippen LogP contribution in [0.15, 0.2) is 48.5 Å². The number of aryl methyl sites for hydroxylation is 2. The van der Waals surface area contributed by atoms with Gasteiger partial charge in [0.05, 0.1) is 4.92 Å². The number of carbonyl (C=O) groups excluding carboxylic acids is 1. The fourth-order valence-electron chi connectivity index (χ4n) is 3.75. The fourth-order valence-corrected chi connectivity index (χ4v) is 3.75. The summed E-state index contributed by atoms with van der Waals surface area (Å²) < 4.78 is 2.06. The van der Waals surface area contributed by atoms with Crippen LogP contribution < -0.4 is 5.32 Å². The molecule has 0 aliphatic carbocycles. The molecule has 0 atom stereocenters. The summed E-state index contributed by atoms with van der Waals surface area (Å²) in [4.78, 5) is 23.0. The Balaban J connectivity index is 1.82. The van der Waals surface area contributed by atoms with E-state index in [1.165, 1.54) is 6.07 Å². The molecule has 1 N–H and O–H groups in total. The molecule has 2 aromatic carbocycles. The average Bonchev–Trinajstić information content (AvgIpc) is 3.12. The van der Waals surface area contributed by atoms with Crippen LogP contribution >= 0.6 is 0 Å². The van der Waals surface area contributed by atoms with E-state index in [9.17, 15) is 14.9 Å². The third kappa shape index (κ3) is 2.79. The van der Waals surface area contributed by atoms with Crippen LogP contribution in [0.1, 0.15) is 28.1 Å². The molecule has 0 fully saturated rings. The van der Waals surface area contributed by atoms with Gasteiger partial charge in [-0.15, -0.1) is 0 Å². The van der Waals surface area contributed by atoms with Crippen molar-refractivity contribution < 1.29 is 9.72 Å². The number of benzene rings is 2. The molecular formula is C22H19N3O3. The maximum absolute atomic E-state index is 12.4. The Morgan fingerprint density at radius 1 is 1.07 bits per heavy atom. The first kappa shape index (κ1) is 17.7. The number of nitro benzene ring substituents is 1. The molecule has 1 aromatic heterocycles. The van der Waals surface area contributed by atoms with Crippen LogP contribution in [0.4, 0.5) is 11.4 Å². The highest BCUT2D eigenvalue weighted by Gasteiger charge is 2.24. The Bertz CT molecular complexity index is 1170. The Kier molecular flexibility index (Phi) is 4.11. The van der Waals surface area contributed by atoms with Gasteiger partial charge in [0, 0.05) is 46.0 Å². The fraction of sp³-hybridized carbons (Fsp3) is 0.136. The zero-order valence-electron chi connectivity index (χ0n) is 15.8. The molecule has 0 bridgehead atoms. The molecule has 6 heteroatoms. The summed E-state index contributed by atoms with van der Waals surface area (Å²) >= 11 is 0. The molecule has 6 nitrogen and oxygen atoms in total. The molecule has 1 aliphatic rings. The standard InChI is InChI=1S/C22H19N3O3/c1-13-10-17(25(27)28)8-9-21(13)24-14(2)11-16(15(24)3)12-19-18-6-4-5-7-20(18)23-22(19)26/h4-12H,1-3H3,(H,23,26)/b19-12+. The molecule has 3 aromatic rings. The summed E-state index contributed by atoms with van der Waals surface area (Å²) in [5.74, 6) is -0.113. The Labute approximate surface area is 162 Å². The number of amides is 1. The molecule has 0 saturated carbocycles. The number of hydrogen-bond donors (Lipinski definition) is 1. The lowest BCUT2D eigenvalue weighted by Gasteiger charge is -2.12.